The molecule has 1 aromatic carbocycles. The number of anilines is 1. The maximum atomic E-state index is 12.9. The second kappa shape index (κ2) is 5.60. The van der Waals surface area contributed by atoms with Gasteiger partial charge in [0.15, 0.2) is 0 Å². The lowest BCUT2D eigenvalue weighted by Gasteiger charge is -2.17. The highest BCUT2D eigenvalue weighted by molar-refractivity contribution is 7.80. The van der Waals surface area contributed by atoms with E-state index in [1.54, 1.807) is 0 Å². The van der Waals surface area contributed by atoms with Gasteiger partial charge in [-0.15, -0.1) is 0 Å². The van der Waals surface area contributed by atoms with Crippen LogP contribution in [0.2, 0.25) is 0 Å². The number of benzene rings is 1. The molecule has 0 spiro atoms. The minimum absolute atomic E-state index is 0.122. The third-order valence-electron chi connectivity index (χ3n) is 3.66. The highest BCUT2D eigenvalue weighted by Gasteiger charge is 2.34. The SMILES string of the molecule is CC1CCC(Nc2ccc(C(F)(F)F)c(C(N)=S)c2)C1. The molecule has 1 aliphatic carbocycles. The third-order valence-corrected chi connectivity index (χ3v) is 3.88. The first-order chi connectivity index (χ1) is 9.27. The van der Waals surface area contributed by atoms with Gasteiger partial charge in [-0.25, -0.2) is 0 Å². The van der Waals surface area contributed by atoms with E-state index in [4.69, 9.17) is 18.0 Å². The minimum Gasteiger partial charge on any atom is -0.389 e. The maximum Gasteiger partial charge on any atom is 0.417 e. The predicted molar refractivity (Wildman–Crippen MR) is 77.8 cm³/mol. The summed E-state index contributed by atoms with van der Waals surface area (Å²) in [4.78, 5) is -0.235. The number of hydrogen-bond donors (Lipinski definition) is 2. The topological polar surface area (TPSA) is 38.0 Å². The molecule has 0 saturated heterocycles. The molecule has 2 unspecified atom stereocenters. The van der Waals surface area contributed by atoms with Crippen LogP contribution in [0.25, 0.3) is 0 Å². The number of nitrogens with one attached hydrogen (secondary N) is 1. The normalized spacial score (nSPS) is 22.8. The van der Waals surface area contributed by atoms with Crippen LogP contribution in [0.15, 0.2) is 18.2 Å². The summed E-state index contributed by atoms with van der Waals surface area (Å²) in [6.07, 6.45) is -1.24. The van der Waals surface area contributed by atoms with E-state index in [0.29, 0.717) is 17.6 Å². The van der Waals surface area contributed by atoms with Gasteiger partial charge in [-0.3, -0.25) is 0 Å². The van der Waals surface area contributed by atoms with E-state index in [1.165, 1.54) is 12.1 Å². The van der Waals surface area contributed by atoms with Crippen molar-refractivity contribution in [2.75, 3.05) is 5.32 Å². The van der Waals surface area contributed by atoms with Crippen LogP contribution in [-0.2, 0) is 6.18 Å². The average molecular weight is 302 g/mol. The van der Waals surface area contributed by atoms with E-state index < -0.39 is 11.7 Å². The molecule has 0 radical (unpaired) electrons. The second-order valence-corrected chi connectivity index (χ2v) is 5.82. The molecule has 0 heterocycles. The van der Waals surface area contributed by atoms with Crippen LogP contribution < -0.4 is 11.1 Å². The van der Waals surface area contributed by atoms with Crippen LogP contribution in [0.3, 0.4) is 0 Å². The average Bonchev–Trinajstić information content (AvgIpc) is 2.73. The Morgan fingerprint density at radius 3 is 2.55 bits per heavy atom. The maximum absolute atomic E-state index is 12.9. The Bertz CT molecular complexity index is 514. The summed E-state index contributed by atoms with van der Waals surface area (Å²) >= 11 is 4.73. The minimum atomic E-state index is -4.45. The molecule has 0 aliphatic heterocycles. The molecule has 20 heavy (non-hydrogen) atoms. The summed E-state index contributed by atoms with van der Waals surface area (Å²) in [6, 6.07) is 4.18. The first-order valence-corrected chi connectivity index (χ1v) is 6.96. The molecule has 0 bridgehead atoms. The molecule has 2 rings (SSSR count). The third kappa shape index (κ3) is 3.42. The highest BCUT2D eigenvalue weighted by atomic mass is 32.1. The van der Waals surface area contributed by atoms with Gasteiger partial charge in [0, 0.05) is 17.3 Å². The van der Waals surface area contributed by atoms with Gasteiger partial charge in [0.25, 0.3) is 0 Å². The Morgan fingerprint density at radius 1 is 1.35 bits per heavy atom. The van der Waals surface area contributed by atoms with Crippen molar-refractivity contribution in [1.82, 2.24) is 0 Å². The van der Waals surface area contributed by atoms with Crippen molar-refractivity contribution in [3.63, 3.8) is 0 Å². The van der Waals surface area contributed by atoms with Crippen LogP contribution in [0.4, 0.5) is 18.9 Å². The largest absolute Gasteiger partial charge is 0.417 e. The zero-order valence-corrected chi connectivity index (χ0v) is 11.9. The zero-order chi connectivity index (χ0) is 14.9. The van der Waals surface area contributed by atoms with Gasteiger partial charge in [0.2, 0.25) is 0 Å². The van der Waals surface area contributed by atoms with Crippen molar-refractivity contribution in [1.29, 1.82) is 0 Å². The smallest absolute Gasteiger partial charge is 0.389 e. The number of thiocarbonyl (C=S) groups is 1. The standard InChI is InChI=1S/C14H17F3N2S/c1-8-2-3-9(6-8)19-10-4-5-12(14(15,16)17)11(7-10)13(18)20/h4-5,7-9,19H,2-3,6H2,1H3,(H2,18,20). The molecule has 1 saturated carbocycles. The van der Waals surface area contributed by atoms with E-state index in [9.17, 15) is 13.2 Å². The molecule has 1 aliphatic rings. The van der Waals surface area contributed by atoms with Gasteiger partial charge >= 0.3 is 6.18 Å². The van der Waals surface area contributed by atoms with Crippen LogP contribution in [0, 0.1) is 5.92 Å². The van der Waals surface area contributed by atoms with Gasteiger partial charge in [0.05, 0.1) is 5.56 Å². The van der Waals surface area contributed by atoms with Gasteiger partial charge in [0.1, 0.15) is 4.99 Å². The lowest BCUT2D eigenvalue weighted by Crippen LogP contribution is -2.20. The second-order valence-electron chi connectivity index (χ2n) is 5.38. The zero-order valence-electron chi connectivity index (χ0n) is 11.1. The molecule has 6 heteroatoms. The van der Waals surface area contributed by atoms with E-state index in [2.05, 4.69) is 12.2 Å². The van der Waals surface area contributed by atoms with Crippen molar-refractivity contribution in [3.8, 4) is 0 Å². The van der Waals surface area contributed by atoms with Gasteiger partial charge in [-0.2, -0.15) is 13.2 Å². The summed E-state index contributed by atoms with van der Waals surface area (Å²) < 4.78 is 38.6. The van der Waals surface area contributed by atoms with Gasteiger partial charge < -0.3 is 11.1 Å². The van der Waals surface area contributed by atoms with E-state index in [-0.39, 0.29) is 10.6 Å². The van der Waals surface area contributed by atoms with Crippen LogP contribution >= 0.6 is 12.2 Å². The van der Waals surface area contributed by atoms with Crippen LogP contribution in [0.1, 0.15) is 37.3 Å². The molecular weight excluding hydrogens is 285 g/mol. The quantitative estimate of drug-likeness (QED) is 0.831. The summed E-state index contributed by atoms with van der Waals surface area (Å²) in [7, 11) is 0. The van der Waals surface area contributed by atoms with Crippen molar-refractivity contribution in [2.24, 2.45) is 11.7 Å². The fourth-order valence-electron chi connectivity index (χ4n) is 2.66. The van der Waals surface area contributed by atoms with Gasteiger partial charge in [-0.05, 0) is 43.4 Å². The fourth-order valence-corrected chi connectivity index (χ4v) is 2.83. The summed E-state index contributed by atoms with van der Waals surface area (Å²) in [5.41, 5.74) is 5.15. The number of alkyl halides is 3. The molecule has 0 aromatic heterocycles. The highest BCUT2D eigenvalue weighted by Crippen LogP contribution is 2.34. The summed E-state index contributed by atoms with van der Waals surface area (Å²) in [5, 5.41) is 3.26. The Kier molecular flexibility index (Phi) is 4.22. The van der Waals surface area contributed by atoms with Gasteiger partial charge in [-0.1, -0.05) is 19.1 Å². The molecule has 0 amide bonds. The van der Waals surface area contributed by atoms with Crippen LogP contribution in [0.5, 0.6) is 0 Å². The first-order valence-electron chi connectivity index (χ1n) is 6.55. The van der Waals surface area contributed by atoms with Crippen LogP contribution in [-0.4, -0.2) is 11.0 Å². The Morgan fingerprint density at radius 2 is 2.05 bits per heavy atom. The fraction of sp³-hybridized carbons (Fsp3) is 0.500. The molecule has 2 atom stereocenters. The molecule has 1 fully saturated rings. The monoisotopic (exact) mass is 302 g/mol. The number of halogens is 3. The lowest BCUT2D eigenvalue weighted by atomic mass is 10.1. The molecule has 1 aromatic rings. The van der Waals surface area contributed by atoms with E-state index in [0.717, 1.165) is 25.3 Å². The van der Waals surface area contributed by atoms with Crippen molar-refractivity contribution in [3.05, 3.63) is 29.3 Å². The molecule has 2 nitrogen and oxygen atoms in total. The number of rotatable bonds is 3. The first kappa shape index (κ1) is 15.1. The Balaban J connectivity index is 2.24. The van der Waals surface area contributed by atoms with Crippen molar-refractivity contribution < 1.29 is 13.2 Å². The molecular formula is C14H17F3N2S. The summed E-state index contributed by atoms with van der Waals surface area (Å²) in [6.45, 7) is 2.18. The summed E-state index contributed by atoms with van der Waals surface area (Å²) in [5.74, 6) is 0.650. The number of nitrogens with two attached hydrogens (primary N) is 1. The Hall–Kier alpha value is -1.30. The molecule has 3 N–H and O–H groups in total. The predicted octanol–water partition coefficient (Wildman–Crippen LogP) is 3.94. The van der Waals surface area contributed by atoms with E-state index in [1.807, 2.05) is 0 Å². The molecule has 110 valence electrons. The van der Waals surface area contributed by atoms with Crippen molar-refractivity contribution >= 4 is 22.9 Å². The lowest BCUT2D eigenvalue weighted by molar-refractivity contribution is -0.137. The Labute approximate surface area is 121 Å². The number of hydrogen-bond acceptors (Lipinski definition) is 2. The van der Waals surface area contributed by atoms with Crippen molar-refractivity contribution in [2.45, 2.75) is 38.4 Å². The van der Waals surface area contributed by atoms with E-state index >= 15 is 0 Å².